The summed E-state index contributed by atoms with van der Waals surface area (Å²) >= 11 is 0. The Balaban J connectivity index is 1.99. The molecule has 1 aromatic rings. The molecule has 17 heavy (non-hydrogen) atoms. The number of hydrogen-bond donors (Lipinski definition) is 1. The number of carbonyl (C=O) groups excluding carboxylic acids is 1. The van der Waals surface area contributed by atoms with Gasteiger partial charge in [-0.2, -0.15) is 0 Å². The Bertz CT molecular complexity index is 382. The Morgan fingerprint density at radius 2 is 2.06 bits per heavy atom. The molecule has 0 atom stereocenters. The van der Waals surface area contributed by atoms with Crippen LogP contribution in [0.5, 0.6) is 0 Å². The number of pyridine rings is 1. The number of amides is 1. The van der Waals surface area contributed by atoms with Crippen molar-refractivity contribution in [2.45, 2.75) is 6.92 Å². The second-order valence-corrected chi connectivity index (χ2v) is 4.20. The highest BCUT2D eigenvalue weighted by Crippen LogP contribution is 2.09. The number of nitrogens with zero attached hydrogens (tertiary/aromatic N) is 3. The number of anilines is 1. The molecule has 0 radical (unpaired) electrons. The SMILES string of the molecule is CCN1CCN(C(=O)c2ccc(N)nc2)CC1. The summed E-state index contributed by atoms with van der Waals surface area (Å²) in [7, 11) is 0. The van der Waals surface area contributed by atoms with E-state index in [9.17, 15) is 4.79 Å². The lowest BCUT2D eigenvalue weighted by atomic mass is 10.2. The van der Waals surface area contributed by atoms with Gasteiger partial charge in [0.05, 0.1) is 5.56 Å². The van der Waals surface area contributed by atoms with Crippen molar-refractivity contribution in [3.63, 3.8) is 0 Å². The molecule has 0 aliphatic carbocycles. The summed E-state index contributed by atoms with van der Waals surface area (Å²) in [6.07, 6.45) is 1.55. The van der Waals surface area contributed by atoms with Crippen molar-refractivity contribution in [1.82, 2.24) is 14.8 Å². The maximum Gasteiger partial charge on any atom is 0.255 e. The Kier molecular flexibility index (Phi) is 3.58. The first-order valence-electron chi connectivity index (χ1n) is 5.94. The Hall–Kier alpha value is -1.62. The first-order chi connectivity index (χ1) is 8.20. The average molecular weight is 234 g/mol. The molecule has 0 saturated carbocycles. The minimum Gasteiger partial charge on any atom is -0.384 e. The zero-order valence-corrected chi connectivity index (χ0v) is 10.1. The molecule has 0 spiro atoms. The molecule has 1 amide bonds. The van der Waals surface area contributed by atoms with E-state index in [0.29, 0.717) is 11.4 Å². The van der Waals surface area contributed by atoms with Crippen molar-refractivity contribution in [3.05, 3.63) is 23.9 Å². The van der Waals surface area contributed by atoms with Gasteiger partial charge in [-0.15, -0.1) is 0 Å². The normalized spacial score (nSPS) is 17.1. The number of carbonyl (C=O) groups is 1. The second-order valence-electron chi connectivity index (χ2n) is 4.20. The molecular weight excluding hydrogens is 216 g/mol. The first kappa shape index (κ1) is 11.9. The third-order valence-corrected chi connectivity index (χ3v) is 3.14. The van der Waals surface area contributed by atoms with Crippen LogP contribution < -0.4 is 5.73 Å². The molecule has 2 heterocycles. The van der Waals surface area contributed by atoms with Crippen molar-refractivity contribution in [2.24, 2.45) is 0 Å². The van der Waals surface area contributed by atoms with Crippen LogP contribution in [0.4, 0.5) is 5.82 Å². The van der Waals surface area contributed by atoms with Gasteiger partial charge >= 0.3 is 0 Å². The highest BCUT2D eigenvalue weighted by molar-refractivity contribution is 5.94. The Morgan fingerprint density at radius 3 is 2.59 bits per heavy atom. The fourth-order valence-electron chi connectivity index (χ4n) is 1.98. The standard InChI is InChI=1S/C12H18N4O/c1-2-15-5-7-16(8-6-15)12(17)10-3-4-11(13)14-9-10/h3-4,9H,2,5-8H2,1H3,(H2,13,14). The van der Waals surface area contributed by atoms with Gasteiger partial charge in [0.25, 0.3) is 5.91 Å². The fraction of sp³-hybridized carbons (Fsp3) is 0.500. The molecule has 0 bridgehead atoms. The van der Waals surface area contributed by atoms with E-state index in [1.54, 1.807) is 18.3 Å². The van der Waals surface area contributed by atoms with Gasteiger partial charge in [-0.1, -0.05) is 6.92 Å². The maximum atomic E-state index is 12.1. The van der Waals surface area contributed by atoms with Crippen LogP contribution >= 0.6 is 0 Å². The third-order valence-electron chi connectivity index (χ3n) is 3.14. The summed E-state index contributed by atoms with van der Waals surface area (Å²) in [5.74, 6) is 0.491. The molecule has 5 heteroatoms. The monoisotopic (exact) mass is 234 g/mol. The molecule has 1 aliphatic heterocycles. The molecule has 2 rings (SSSR count). The van der Waals surface area contributed by atoms with E-state index in [0.717, 1.165) is 32.7 Å². The highest BCUT2D eigenvalue weighted by atomic mass is 16.2. The Morgan fingerprint density at radius 1 is 1.35 bits per heavy atom. The van der Waals surface area contributed by atoms with E-state index >= 15 is 0 Å². The van der Waals surface area contributed by atoms with E-state index in [4.69, 9.17) is 5.73 Å². The van der Waals surface area contributed by atoms with Crippen molar-refractivity contribution in [1.29, 1.82) is 0 Å². The van der Waals surface area contributed by atoms with Crippen LogP contribution in [0.3, 0.4) is 0 Å². The molecule has 1 aliphatic rings. The smallest absolute Gasteiger partial charge is 0.255 e. The van der Waals surface area contributed by atoms with Crippen molar-refractivity contribution < 1.29 is 4.79 Å². The molecule has 1 fully saturated rings. The van der Waals surface area contributed by atoms with Crippen LogP contribution in [0.2, 0.25) is 0 Å². The van der Waals surface area contributed by atoms with Crippen LogP contribution in [0.25, 0.3) is 0 Å². The number of nitrogens with two attached hydrogens (primary N) is 1. The predicted molar refractivity (Wildman–Crippen MR) is 66.7 cm³/mol. The summed E-state index contributed by atoms with van der Waals surface area (Å²) in [5.41, 5.74) is 6.11. The first-order valence-corrected chi connectivity index (χ1v) is 5.94. The molecule has 2 N–H and O–H groups in total. The van der Waals surface area contributed by atoms with Crippen LogP contribution in [0.15, 0.2) is 18.3 Å². The van der Waals surface area contributed by atoms with Gasteiger partial charge in [-0.05, 0) is 18.7 Å². The quantitative estimate of drug-likeness (QED) is 0.806. The highest BCUT2D eigenvalue weighted by Gasteiger charge is 2.21. The number of likely N-dealkylation sites (N-methyl/N-ethyl adjacent to an activating group) is 1. The van der Waals surface area contributed by atoms with E-state index in [2.05, 4.69) is 16.8 Å². The molecule has 1 saturated heterocycles. The summed E-state index contributed by atoms with van der Waals surface area (Å²) < 4.78 is 0. The molecule has 5 nitrogen and oxygen atoms in total. The van der Waals surface area contributed by atoms with Gasteiger partial charge in [-0.3, -0.25) is 4.79 Å². The summed E-state index contributed by atoms with van der Waals surface area (Å²) in [6, 6.07) is 3.40. The Labute approximate surface area is 101 Å². The molecule has 92 valence electrons. The fourth-order valence-corrected chi connectivity index (χ4v) is 1.98. The van der Waals surface area contributed by atoms with Gasteiger partial charge in [0.1, 0.15) is 5.82 Å². The van der Waals surface area contributed by atoms with Crippen molar-refractivity contribution >= 4 is 11.7 Å². The number of rotatable bonds is 2. The van der Waals surface area contributed by atoms with Crippen LogP contribution in [0.1, 0.15) is 17.3 Å². The van der Waals surface area contributed by atoms with E-state index in [1.165, 1.54) is 0 Å². The van der Waals surface area contributed by atoms with Crippen LogP contribution in [-0.4, -0.2) is 53.4 Å². The summed E-state index contributed by atoms with van der Waals surface area (Å²) in [5, 5.41) is 0. The van der Waals surface area contributed by atoms with Crippen LogP contribution in [0, 0.1) is 0 Å². The third kappa shape index (κ3) is 2.74. The number of nitrogen functional groups attached to an aromatic ring is 1. The topological polar surface area (TPSA) is 62.5 Å². The van der Waals surface area contributed by atoms with Gasteiger partial charge in [0.2, 0.25) is 0 Å². The zero-order chi connectivity index (χ0) is 12.3. The average Bonchev–Trinajstić information content (AvgIpc) is 2.39. The summed E-state index contributed by atoms with van der Waals surface area (Å²) in [4.78, 5) is 20.3. The summed E-state index contributed by atoms with van der Waals surface area (Å²) in [6.45, 7) is 6.66. The van der Waals surface area contributed by atoms with E-state index in [-0.39, 0.29) is 5.91 Å². The lowest BCUT2D eigenvalue weighted by Crippen LogP contribution is -2.48. The molecule has 1 aromatic heterocycles. The van der Waals surface area contributed by atoms with Crippen molar-refractivity contribution in [3.8, 4) is 0 Å². The van der Waals surface area contributed by atoms with Gasteiger partial charge in [0.15, 0.2) is 0 Å². The lowest BCUT2D eigenvalue weighted by Gasteiger charge is -2.34. The van der Waals surface area contributed by atoms with E-state index < -0.39 is 0 Å². The van der Waals surface area contributed by atoms with Gasteiger partial charge in [-0.25, -0.2) is 4.98 Å². The minimum atomic E-state index is 0.0493. The largest absolute Gasteiger partial charge is 0.384 e. The maximum absolute atomic E-state index is 12.1. The lowest BCUT2D eigenvalue weighted by molar-refractivity contribution is 0.0643. The number of hydrogen-bond acceptors (Lipinski definition) is 4. The van der Waals surface area contributed by atoms with Gasteiger partial charge < -0.3 is 15.5 Å². The zero-order valence-electron chi connectivity index (χ0n) is 10.1. The predicted octanol–water partition coefficient (Wildman–Crippen LogP) is 0.441. The molecule has 0 unspecified atom stereocenters. The molecular formula is C12H18N4O. The number of aromatic nitrogens is 1. The van der Waals surface area contributed by atoms with Crippen molar-refractivity contribution in [2.75, 3.05) is 38.5 Å². The second kappa shape index (κ2) is 5.14. The van der Waals surface area contributed by atoms with E-state index in [1.807, 2.05) is 4.90 Å². The molecule has 0 aromatic carbocycles. The van der Waals surface area contributed by atoms with Crippen LogP contribution in [-0.2, 0) is 0 Å². The van der Waals surface area contributed by atoms with Gasteiger partial charge in [0, 0.05) is 32.4 Å². The minimum absolute atomic E-state index is 0.0493. The number of piperazine rings is 1.